The van der Waals surface area contributed by atoms with Crippen LogP contribution in [0.3, 0.4) is 0 Å². The Morgan fingerprint density at radius 3 is 2.56 bits per heavy atom. The second kappa shape index (κ2) is 4.35. The molecule has 2 aliphatic heterocycles. The molecule has 1 aromatic rings. The first-order valence-electron chi connectivity index (χ1n) is 6.40. The van der Waals surface area contributed by atoms with Crippen LogP contribution < -0.4 is 5.32 Å². The van der Waals surface area contributed by atoms with Crippen molar-refractivity contribution in [3.05, 3.63) is 35.1 Å². The fourth-order valence-corrected chi connectivity index (χ4v) is 3.06. The van der Waals surface area contributed by atoms with E-state index in [0.29, 0.717) is 17.4 Å². The van der Waals surface area contributed by atoms with Crippen molar-refractivity contribution in [3.8, 4) is 0 Å². The van der Waals surface area contributed by atoms with Gasteiger partial charge in [-0.05, 0) is 42.5 Å². The number of carbonyl (C=O) groups excluding carboxylic acids is 1. The van der Waals surface area contributed by atoms with E-state index in [4.69, 9.17) is 0 Å². The molecule has 0 saturated carbocycles. The molecule has 1 aromatic carbocycles. The molecule has 2 saturated heterocycles. The molecule has 2 heterocycles. The maximum Gasteiger partial charge on any atom is 0.253 e. The third-order valence-electron chi connectivity index (χ3n) is 3.97. The number of carbonyl (C=O) groups is 1. The van der Waals surface area contributed by atoms with Crippen molar-refractivity contribution >= 4 is 5.91 Å². The lowest BCUT2D eigenvalue weighted by Crippen LogP contribution is -2.31. The topological polar surface area (TPSA) is 32.3 Å². The molecule has 0 bridgehead atoms. The summed E-state index contributed by atoms with van der Waals surface area (Å²) in [6, 6.07) is 4.54. The summed E-state index contributed by atoms with van der Waals surface area (Å²) < 4.78 is 13.3. The van der Waals surface area contributed by atoms with Crippen LogP contribution in [0.1, 0.15) is 15.9 Å². The van der Waals surface area contributed by atoms with Crippen LogP contribution in [0.2, 0.25) is 0 Å². The number of halogens is 1. The number of nitrogens with zero attached hydrogens (tertiary/aromatic N) is 1. The lowest BCUT2D eigenvalue weighted by atomic mass is 10.0. The number of aryl methyl sites for hydroxylation is 1. The Labute approximate surface area is 106 Å². The highest BCUT2D eigenvalue weighted by Gasteiger charge is 2.38. The molecular formula is C14H17FN2O. The van der Waals surface area contributed by atoms with Gasteiger partial charge in [-0.15, -0.1) is 0 Å². The smallest absolute Gasteiger partial charge is 0.253 e. The molecule has 3 rings (SSSR count). The van der Waals surface area contributed by atoms with Gasteiger partial charge in [-0.3, -0.25) is 4.79 Å². The van der Waals surface area contributed by atoms with Gasteiger partial charge in [-0.25, -0.2) is 4.39 Å². The molecule has 2 atom stereocenters. The maximum absolute atomic E-state index is 13.3. The molecule has 1 amide bonds. The minimum Gasteiger partial charge on any atom is -0.338 e. The molecule has 0 aliphatic carbocycles. The molecule has 2 fully saturated rings. The van der Waals surface area contributed by atoms with Crippen LogP contribution in [-0.4, -0.2) is 37.0 Å². The van der Waals surface area contributed by atoms with Crippen molar-refractivity contribution in [2.45, 2.75) is 6.92 Å². The first-order valence-corrected chi connectivity index (χ1v) is 6.40. The van der Waals surface area contributed by atoms with Gasteiger partial charge in [0, 0.05) is 31.7 Å². The number of fused-ring (bicyclic) bond motifs is 1. The Hall–Kier alpha value is -1.42. The molecule has 3 nitrogen and oxygen atoms in total. The molecular weight excluding hydrogens is 231 g/mol. The van der Waals surface area contributed by atoms with Gasteiger partial charge >= 0.3 is 0 Å². The third-order valence-corrected chi connectivity index (χ3v) is 3.97. The highest BCUT2D eigenvalue weighted by atomic mass is 19.1. The van der Waals surface area contributed by atoms with Crippen LogP contribution in [0.25, 0.3) is 0 Å². The van der Waals surface area contributed by atoms with Gasteiger partial charge in [-0.1, -0.05) is 0 Å². The van der Waals surface area contributed by atoms with E-state index in [9.17, 15) is 9.18 Å². The van der Waals surface area contributed by atoms with Crippen LogP contribution in [0.5, 0.6) is 0 Å². The minimum atomic E-state index is -0.334. The number of benzene rings is 1. The van der Waals surface area contributed by atoms with Gasteiger partial charge in [0.15, 0.2) is 0 Å². The summed E-state index contributed by atoms with van der Waals surface area (Å²) in [6.07, 6.45) is 0. The summed E-state index contributed by atoms with van der Waals surface area (Å²) in [4.78, 5) is 14.2. The van der Waals surface area contributed by atoms with E-state index in [-0.39, 0.29) is 11.7 Å². The number of hydrogen-bond donors (Lipinski definition) is 1. The van der Waals surface area contributed by atoms with Gasteiger partial charge in [0.1, 0.15) is 5.82 Å². The Bertz CT molecular complexity index is 456. The van der Waals surface area contributed by atoms with E-state index in [1.807, 2.05) is 11.8 Å². The Kier molecular flexibility index (Phi) is 2.82. The van der Waals surface area contributed by atoms with Crippen molar-refractivity contribution in [3.63, 3.8) is 0 Å². The number of hydrogen-bond acceptors (Lipinski definition) is 2. The zero-order chi connectivity index (χ0) is 12.7. The average molecular weight is 248 g/mol. The van der Waals surface area contributed by atoms with E-state index in [2.05, 4.69) is 5.32 Å². The molecule has 0 spiro atoms. The highest BCUT2D eigenvalue weighted by Crippen LogP contribution is 2.27. The molecule has 2 aliphatic rings. The molecule has 0 unspecified atom stereocenters. The molecule has 4 heteroatoms. The Balaban J connectivity index is 1.78. The maximum atomic E-state index is 13.3. The van der Waals surface area contributed by atoms with Crippen LogP contribution >= 0.6 is 0 Å². The van der Waals surface area contributed by atoms with Gasteiger partial charge in [-0.2, -0.15) is 0 Å². The van der Waals surface area contributed by atoms with E-state index < -0.39 is 0 Å². The number of likely N-dealkylation sites (tertiary alicyclic amines) is 1. The van der Waals surface area contributed by atoms with Crippen molar-refractivity contribution in [1.29, 1.82) is 0 Å². The molecule has 96 valence electrons. The SMILES string of the molecule is Cc1cc(F)cc(C(=O)N2C[C@H]3CNC[C@H]3C2)c1. The van der Waals surface area contributed by atoms with Crippen molar-refractivity contribution in [2.75, 3.05) is 26.2 Å². The quantitative estimate of drug-likeness (QED) is 0.815. The molecule has 18 heavy (non-hydrogen) atoms. The van der Waals surface area contributed by atoms with Crippen LogP contribution in [0.15, 0.2) is 18.2 Å². The summed E-state index contributed by atoms with van der Waals surface area (Å²) >= 11 is 0. The monoisotopic (exact) mass is 248 g/mol. The van der Waals surface area contributed by atoms with Crippen LogP contribution in [0, 0.1) is 24.6 Å². The van der Waals surface area contributed by atoms with E-state index in [0.717, 1.165) is 31.7 Å². The predicted molar refractivity (Wildman–Crippen MR) is 66.9 cm³/mol. The van der Waals surface area contributed by atoms with E-state index in [1.165, 1.54) is 12.1 Å². The van der Waals surface area contributed by atoms with Crippen LogP contribution in [0.4, 0.5) is 4.39 Å². The summed E-state index contributed by atoms with van der Waals surface area (Å²) in [7, 11) is 0. The summed E-state index contributed by atoms with van der Waals surface area (Å²) in [5, 5.41) is 3.34. The van der Waals surface area contributed by atoms with Gasteiger partial charge in [0.25, 0.3) is 5.91 Å². The van der Waals surface area contributed by atoms with Crippen molar-refractivity contribution < 1.29 is 9.18 Å². The van der Waals surface area contributed by atoms with Gasteiger partial charge < -0.3 is 10.2 Å². The van der Waals surface area contributed by atoms with E-state index in [1.54, 1.807) is 6.07 Å². The molecule has 0 radical (unpaired) electrons. The first-order chi connectivity index (χ1) is 8.63. The highest BCUT2D eigenvalue weighted by molar-refractivity contribution is 5.94. The zero-order valence-electron chi connectivity index (χ0n) is 10.4. The number of nitrogens with one attached hydrogen (secondary N) is 1. The first kappa shape index (κ1) is 11.7. The lowest BCUT2D eigenvalue weighted by Gasteiger charge is -2.17. The summed E-state index contributed by atoms with van der Waals surface area (Å²) in [5.41, 5.74) is 1.26. The number of amides is 1. The normalized spacial score (nSPS) is 26.4. The fourth-order valence-electron chi connectivity index (χ4n) is 3.06. The zero-order valence-corrected chi connectivity index (χ0v) is 10.4. The average Bonchev–Trinajstić information content (AvgIpc) is 2.86. The second-order valence-electron chi connectivity index (χ2n) is 5.41. The third kappa shape index (κ3) is 2.01. The number of rotatable bonds is 1. The standard InChI is InChI=1S/C14H17FN2O/c1-9-2-10(4-13(15)3-9)14(18)17-7-11-5-16-6-12(11)8-17/h2-4,11-12,16H,5-8H2,1H3/t11-,12+. The summed E-state index contributed by atoms with van der Waals surface area (Å²) in [6.45, 7) is 5.40. The van der Waals surface area contributed by atoms with Crippen molar-refractivity contribution in [2.24, 2.45) is 11.8 Å². The molecule has 0 aromatic heterocycles. The Morgan fingerprint density at radius 2 is 1.94 bits per heavy atom. The Morgan fingerprint density at radius 1 is 1.28 bits per heavy atom. The molecule has 1 N–H and O–H groups in total. The minimum absolute atomic E-state index is 0.0352. The van der Waals surface area contributed by atoms with Crippen LogP contribution in [-0.2, 0) is 0 Å². The summed E-state index contributed by atoms with van der Waals surface area (Å²) in [5.74, 6) is 0.777. The predicted octanol–water partition coefficient (Wildman–Crippen LogP) is 1.43. The van der Waals surface area contributed by atoms with Gasteiger partial charge in [0.05, 0.1) is 0 Å². The van der Waals surface area contributed by atoms with Crippen molar-refractivity contribution in [1.82, 2.24) is 10.2 Å². The van der Waals surface area contributed by atoms with Gasteiger partial charge in [0.2, 0.25) is 0 Å². The van der Waals surface area contributed by atoms with E-state index >= 15 is 0 Å². The fraction of sp³-hybridized carbons (Fsp3) is 0.500. The largest absolute Gasteiger partial charge is 0.338 e. The lowest BCUT2D eigenvalue weighted by molar-refractivity contribution is 0.0781. The second-order valence-corrected chi connectivity index (χ2v) is 5.41.